The molecule has 118 valence electrons. The number of aryl methyl sites for hydroxylation is 1. The van der Waals surface area contributed by atoms with Gasteiger partial charge in [0.25, 0.3) is 5.89 Å². The van der Waals surface area contributed by atoms with Gasteiger partial charge in [-0.1, -0.05) is 5.16 Å². The summed E-state index contributed by atoms with van der Waals surface area (Å²) >= 11 is 0. The maximum Gasteiger partial charge on any atom is 0.259 e. The first kappa shape index (κ1) is 15.0. The molecule has 1 N–H and O–H groups in total. The Bertz CT molecular complexity index is 728. The number of hydrogen-bond acceptors (Lipinski definition) is 7. The number of nitrogens with zero attached hydrogens (tertiary/aromatic N) is 4. The Kier molecular flexibility index (Phi) is 4.78. The lowest BCUT2D eigenvalue weighted by atomic mass is 10.3. The average Bonchev–Trinajstić information content (AvgIpc) is 3.03. The van der Waals surface area contributed by atoms with Gasteiger partial charge < -0.3 is 14.6 Å². The van der Waals surface area contributed by atoms with E-state index >= 15 is 0 Å². The lowest BCUT2D eigenvalue weighted by Crippen LogP contribution is -2.08. The Morgan fingerprint density at radius 1 is 1.22 bits per heavy atom. The molecule has 0 radical (unpaired) electrons. The fourth-order valence-corrected chi connectivity index (χ4v) is 1.95. The molecule has 3 heterocycles. The van der Waals surface area contributed by atoms with Crippen LogP contribution in [0.25, 0.3) is 11.5 Å². The van der Waals surface area contributed by atoms with Gasteiger partial charge in [-0.05, 0) is 37.6 Å². The quantitative estimate of drug-likeness (QED) is 0.671. The molecule has 0 fully saturated rings. The van der Waals surface area contributed by atoms with Crippen LogP contribution < -0.4 is 10.1 Å². The third-order valence-electron chi connectivity index (χ3n) is 3.07. The van der Waals surface area contributed by atoms with E-state index in [4.69, 9.17) is 9.26 Å². The highest BCUT2D eigenvalue weighted by atomic mass is 16.5. The predicted molar refractivity (Wildman–Crippen MR) is 85.1 cm³/mol. The first-order chi connectivity index (χ1) is 11.3. The molecule has 0 bridgehead atoms. The Morgan fingerprint density at radius 3 is 2.87 bits per heavy atom. The number of ether oxygens (including phenoxy) is 1. The third-order valence-corrected chi connectivity index (χ3v) is 3.07. The average molecular weight is 311 g/mol. The van der Waals surface area contributed by atoms with Crippen molar-refractivity contribution in [3.8, 4) is 17.2 Å². The van der Waals surface area contributed by atoms with Crippen molar-refractivity contribution in [2.24, 2.45) is 0 Å². The van der Waals surface area contributed by atoms with Crippen LogP contribution in [0.5, 0.6) is 5.75 Å². The van der Waals surface area contributed by atoms with Crippen LogP contribution >= 0.6 is 0 Å². The standard InChI is InChI=1S/C16H17N5O2/c1-12-20-16(23-21-12)13-5-6-15(19-10-13)18-8-3-9-22-14-4-2-7-17-11-14/h2,4-7,10-11H,3,8-9H2,1H3,(H,18,19). The normalized spacial score (nSPS) is 10.5. The Hall–Kier alpha value is -2.96. The summed E-state index contributed by atoms with van der Waals surface area (Å²) in [6.45, 7) is 3.17. The molecule has 0 aromatic carbocycles. The van der Waals surface area contributed by atoms with Gasteiger partial charge in [-0.2, -0.15) is 4.98 Å². The summed E-state index contributed by atoms with van der Waals surface area (Å²) in [5, 5.41) is 7.00. The van der Waals surface area contributed by atoms with E-state index in [0.29, 0.717) is 18.3 Å². The van der Waals surface area contributed by atoms with E-state index in [1.54, 1.807) is 25.5 Å². The molecular formula is C16H17N5O2. The highest BCUT2D eigenvalue weighted by Crippen LogP contribution is 2.17. The van der Waals surface area contributed by atoms with Crippen molar-refractivity contribution < 1.29 is 9.26 Å². The van der Waals surface area contributed by atoms with E-state index in [2.05, 4.69) is 25.4 Å². The van der Waals surface area contributed by atoms with Crippen LogP contribution in [0.15, 0.2) is 47.4 Å². The van der Waals surface area contributed by atoms with E-state index in [9.17, 15) is 0 Å². The molecule has 0 saturated carbocycles. The Balaban J connectivity index is 1.42. The van der Waals surface area contributed by atoms with Crippen molar-refractivity contribution in [1.29, 1.82) is 0 Å². The second kappa shape index (κ2) is 7.35. The second-order valence-corrected chi connectivity index (χ2v) is 4.90. The molecule has 0 amide bonds. The minimum absolute atomic E-state index is 0.478. The van der Waals surface area contributed by atoms with Crippen LogP contribution in [-0.4, -0.2) is 33.3 Å². The zero-order chi connectivity index (χ0) is 15.9. The Labute approximate surface area is 133 Å². The fourth-order valence-electron chi connectivity index (χ4n) is 1.95. The molecule has 0 aliphatic carbocycles. The number of nitrogens with one attached hydrogen (secondary N) is 1. The van der Waals surface area contributed by atoms with Gasteiger partial charge in [0, 0.05) is 18.9 Å². The van der Waals surface area contributed by atoms with Gasteiger partial charge in [0.05, 0.1) is 18.4 Å². The van der Waals surface area contributed by atoms with Crippen LogP contribution in [0, 0.1) is 6.92 Å². The van der Waals surface area contributed by atoms with Crippen molar-refractivity contribution in [2.45, 2.75) is 13.3 Å². The molecule has 0 atom stereocenters. The summed E-state index contributed by atoms with van der Waals surface area (Å²) < 4.78 is 10.7. The molecular weight excluding hydrogens is 294 g/mol. The molecule has 0 spiro atoms. The van der Waals surface area contributed by atoms with E-state index in [1.165, 1.54) is 0 Å². The number of pyridine rings is 2. The van der Waals surface area contributed by atoms with E-state index < -0.39 is 0 Å². The topological polar surface area (TPSA) is 86.0 Å². The van der Waals surface area contributed by atoms with Gasteiger partial charge in [0.2, 0.25) is 0 Å². The summed E-state index contributed by atoms with van der Waals surface area (Å²) in [5.41, 5.74) is 0.802. The van der Waals surface area contributed by atoms with Crippen LogP contribution in [0.4, 0.5) is 5.82 Å². The molecule has 0 saturated heterocycles. The number of aromatic nitrogens is 4. The smallest absolute Gasteiger partial charge is 0.259 e. The van der Waals surface area contributed by atoms with Gasteiger partial charge in [-0.15, -0.1) is 0 Å². The van der Waals surface area contributed by atoms with Crippen LogP contribution in [-0.2, 0) is 0 Å². The van der Waals surface area contributed by atoms with Crippen molar-refractivity contribution in [1.82, 2.24) is 20.1 Å². The summed E-state index contributed by atoms with van der Waals surface area (Å²) in [7, 11) is 0. The van der Waals surface area contributed by atoms with Crippen molar-refractivity contribution in [3.05, 3.63) is 48.7 Å². The van der Waals surface area contributed by atoms with Crippen LogP contribution in [0.1, 0.15) is 12.2 Å². The second-order valence-electron chi connectivity index (χ2n) is 4.90. The van der Waals surface area contributed by atoms with E-state index in [1.807, 2.05) is 24.3 Å². The summed E-state index contributed by atoms with van der Waals surface area (Å²) in [6.07, 6.45) is 5.99. The van der Waals surface area contributed by atoms with Gasteiger partial charge in [0.1, 0.15) is 11.6 Å². The molecule has 3 rings (SSSR count). The van der Waals surface area contributed by atoms with Crippen molar-refractivity contribution >= 4 is 5.82 Å². The molecule has 23 heavy (non-hydrogen) atoms. The molecule has 0 aliphatic rings. The van der Waals surface area contributed by atoms with Gasteiger partial charge in [-0.25, -0.2) is 4.98 Å². The lowest BCUT2D eigenvalue weighted by molar-refractivity contribution is 0.314. The van der Waals surface area contributed by atoms with Crippen LogP contribution in [0.3, 0.4) is 0 Å². The largest absolute Gasteiger partial charge is 0.492 e. The predicted octanol–water partition coefficient (Wildman–Crippen LogP) is 2.72. The zero-order valence-corrected chi connectivity index (χ0v) is 12.8. The highest BCUT2D eigenvalue weighted by molar-refractivity contribution is 5.53. The minimum Gasteiger partial charge on any atom is -0.492 e. The van der Waals surface area contributed by atoms with Crippen molar-refractivity contribution in [3.63, 3.8) is 0 Å². The van der Waals surface area contributed by atoms with Gasteiger partial charge in [0.15, 0.2) is 5.82 Å². The number of anilines is 1. The summed E-state index contributed by atoms with van der Waals surface area (Å²) in [5.74, 6) is 2.67. The molecule has 3 aromatic heterocycles. The first-order valence-electron chi connectivity index (χ1n) is 7.35. The van der Waals surface area contributed by atoms with Gasteiger partial charge >= 0.3 is 0 Å². The van der Waals surface area contributed by atoms with Crippen molar-refractivity contribution in [2.75, 3.05) is 18.5 Å². The summed E-state index contributed by atoms with van der Waals surface area (Å²) in [6, 6.07) is 7.52. The molecule has 7 heteroatoms. The molecule has 0 aliphatic heterocycles. The lowest BCUT2D eigenvalue weighted by Gasteiger charge is -2.07. The highest BCUT2D eigenvalue weighted by Gasteiger charge is 2.06. The maximum absolute atomic E-state index is 5.57. The van der Waals surface area contributed by atoms with E-state index in [-0.39, 0.29) is 0 Å². The number of hydrogen-bond donors (Lipinski definition) is 1. The first-order valence-corrected chi connectivity index (χ1v) is 7.35. The zero-order valence-electron chi connectivity index (χ0n) is 12.8. The SMILES string of the molecule is Cc1noc(-c2ccc(NCCCOc3cccnc3)nc2)n1. The van der Waals surface area contributed by atoms with Crippen LogP contribution in [0.2, 0.25) is 0 Å². The summed E-state index contributed by atoms with van der Waals surface area (Å²) in [4.78, 5) is 12.5. The number of rotatable bonds is 7. The minimum atomic E-state index is 0.478. The van der Waals surface area contributed by atoms with Gasteiger partial charge in [-0.3, -0.25) is 4.98 Å². The molecule has 7 nitrogen and oxygen atoms in total. The Morgan fingerprint density at radius 2 is 2.17 bits per heavy atom. The molecule has 3 aromatic rings. The molecule has 0 unspecified atom stereocenters. The maximum atomic E-state index is 5.57. The fraction of sp³-hybridized carbons (Fsp3) is 0.250. The van der Waals surface area contributed by atoms with E-state index in [0.717, 1.165) is 30.1 Å². The third kappa shape index (κ3) is 4.26. The monoisotopic (exact) mass is 311 g/mol.